The van der Waals surface area contributed by atoms with E-state index in [0.29, 0.717) is 5.92 Å². The van der Waals surface area contributed by atoms with Gasteiger partial charge in [-0.15, -0.1) is 11.3 Å². The third kappa shape index (κ3) is 1.57. The number of nitrogens with zero attached hydrogens (tertiary/aromatic N) is 2. The Bertz CT molecular complexity index is 486. The van der Waals surface area contributed by atoms with Crippen molar-refractivity contribution in [3.8, 4) is 0 Å². The van der Waals surface area contributed by atoms with E-state index in [1.807, 2.05) is 11.3 Å². The number of fused-ring (bicyclic) bond motifs is 1. The van der Waals surface area contributed by atoms with Crippen LogP contribution >= 0.6 is 11.3 Å². The first kappa shape index (κ1) is 10.0. The average Bonchev–Trinajstić information content (AvgIpc) is 2.97. The Balaban J connectivity index is 1.97. The minimum atomic E-state index is 0.423. The van der Waals surface area contributed by atoms with Crippen molar-refractivity contribution in [1.82, 2.24) is 15.2 Å². The molecule has 0 spiro atoms. The monoisotopic (exact) mass is 233 g/mol. The second kappa shape index (κ2) is 4.01. The van der Waals surface area contributed by atoms with E-state index in [9.17, 15) is 0 Å². The van der Waals surface area contributed by atoms with Gasteiger partial charge in [-0.05, 0) is 36.3 Å². The van der Waals surface area contributed by atoms with Crippen LogP contribution < -0.4 is 0 Å². The number of rotatable bonds is 2. The summed E-state index contributed by atoms with van der Waals surface area (Å²) in [5.41, 5.74) is 1.46. The molecular weight excluding hydrogens is 218 g/mol. The van der Waals surface area contributed by atoms with E-state index < -0.39 is 0 Å². The first-order chi connectivity index (χ1) is 7.88. The lowest BCUT2D eigenvalue weighted by molar-refractivity contribution is 0.599. The smallest absolute Gasteiger partial charge is 0.158 e. The molecule has 0 amide bonds. The van der Waals surface area contributed by atoms with Crippen LogP contribution in [0.15, 0.2) is 11.4 Å². The van der Waals surface area contributed by atoms with Crippen molar-refractivity contribution in [2.45, 2.75) is 38.5 Å². The molecule has 1 N–H and O–H groups in total. The Morgan fingerprint density at radius 2 is 2.50 bits per heavy atom. The predicted molar refractivity (Wildman–Crippen MR) is 64.9 cm³/mol. The molecule has 1 aliphatic rings. The van der Waals surface area contributed by atoms with Gasteiger partial charge in [-0.2, -0.15) is 5.10 Å². The average molecular weight is 233 g/mol. The van der Waals surface area contributed by atoms with Crippen LogP contribution in [0.3, 0.4) is 0 Å². The van der Waals surface area contributed by atoms with Crippen molar-refractivity contribution in [2.24, 2.45) is 0 Å². The molecule has 2 aromatic rings. The van der Waals surface area contributed by atoms with Crippen LogP contribution in [-0.2, 0) is 12.8 Å². The van der Waals surface area contributed by atoms with Crippen molar-refractivity contribution < 1.29 is 0 Å². The largest absolute Gasteiger partial charge is 0.263 e. The molecule has 1 atom stereocenters. The van der Waals surface area contributed by atoms with Gasteiger partial charge in [0, 0.05) is 17.2 Å². The summed E-state index contributed by atoms with van der Waals surface area (Å²) >= 11 is 1.87. The number of nitrogens with one attached hydrogen (secondary N) is 1. The van der Waals surface area contributed by atoms with Crippen molar-refractivity contribution in [1.29, 1.82) is 0 Å². The molecule has 0 saturated carbocycles. The molecule has 84 valence electrons. The quantitative estimate of drug-likeness (QED) is 0.866. The van der Waals surface area contributed by atoms with Gasteiger partial charge in [-0.1, -0.05) is 6.92 Å². The zero-order valence-corrected chi connectivity index (χ0v) is 10.2. The van der Waals surface area contributed by atoms with Crippen LogP contribution in [0.4, 0.5) is 0 Å². The lowest BCUT2D eigenvalue weighted by Gasteiger charge is -2.19. The zero-order valence-electron chi connectivity index (χ0n) is 9.36. The van der Waals surface area contributed by atoms with Crippen molar-refractivity contribution >= 4 is 11.3 Å². The number of aromatic amines is 1. The van der Waals surface area contributed by atoms with Gasteiger partial charge in [0.1, 0.15) is 5.82 Å². The summed E-state index contributed by atoms with van der Waals surface area (Å²) in [6, 6.07) is 2.24. The molecular formula is C12H15N3S. The van der Waals surface area contributed by atoms with E-state index in [0.717, 1.165) is 18.1 Å². The summed E-state index contributed by atoms with van der Waals surface area (Å²) in [4.78, 5) is 6.10. The van der Waals surface area contributed by atoms with Gasteiger partial charge >= 0.3 is 0 Å². The summed E-state index contributed by atoms with van der Waals surface area (Å²) in [6.07, 6.45) is 4.60. The van der Waals surface area contributed by atoms with Crippen molar-refractivity contribution in [3.05, 3.63) is 33.5 Å². The highest BCUT2D eigenvalue weighted by Gasteiger charge is 2.25. The molecule has 1 aliphatic carbocycles. The number of H-pyrrole nitrogens is 1. The van der Waals surface area contributed by atoms with Gasteiger partial charge in [0.15, 0.2) is 5.82 Å². The molecule has 2 aromatic heterocycles. The van der Waals surface area contributed by atoms with Gasteiger partial charge in [0.05, 0.1) is 0 Å². The van der Waals surface area contributed by atoms with Crippen LogP contribution in [-0.4, -0.2) is 15.2 Å². The maximum absolute atomic E-state index is 4.57. The molecule has 4 heteroatoms. The molecule has 0 saturated heterocycles. The summed E-state index contributed by atoms with van der Waals surface area (Å²) in [5, 5.41) is 9.57. The van der Waals surface area contributed by atoms with E-state index in [1.54, 1.807) is 0 Å². The third-order valence-electron chi connectivity index (χ3n) is 3.25. The Morgan fingerprint density at radius 1 is 1.56 bits per heavy atom. The third-order valence-corrected chi connectivity index (χ3v) is 4.24. The SMILES string of the molecule is CCc1nc(C2CCCc3sccc32)n[nH]1. The number of thiophene rings is 1. The standard InChI is InChI=1S/C12H15N3S/c1-2-11-13-12(15-14-11)9-4-3-5-10-8(9)6-7-16-10/h6-7,9H,2-5H2,1H3,(H,13,14,15). The molecule has 0 aromatic carbocycles. The maximum atomic E-state index is 4.57. The molecule has 3 nitrogen and oxygen atoms in total. The number of hydrogen-bond donors (Lipinski definition) is 1. The first-order valence-corrected chi connectivity index (χ1v) is 6.74. The van der Waals surface area contributed by atoms with Gasteiger partial charge in [-0.25, -0.2) is 4.98 Å². The van der Waals surface area contributed by atoms with Crippen LogP contribution in [0.5, 0.6) is 0 Å². The minimum Gasteiger partial charge on any atom is -0.263 e. The fourth-order valence-corrected chi connectivity index (χ4v) is 3.37. The topological polar surface area (TPSA) is 41.6 Å². The van der Waals surface area contributed by atoms with Crippen molar-refractivity contribution in [2.75, 3.05) is 0 Å². The van der Waals surface area contributed by atoms with E-state index in [1.165, 1.54) is 29.7 Å². The Morgan fingerprint density at radius 3 is 3.31 bits per heavy atom. The van der Waals surface area contributed by atoms with E-state index >= 15 is 0 Å². The minimum absolute atomic E-state index is 0.423. The fourth-order valence-electron chi connectivity index (χ4n) is 2.38. The first-order valence-electron chi connectivity index (χ1n) is 5.86. The summed E-state index contributed by atoms with van der Waals surface area (Å²) < 4.78 is 0. The number of aryl methyl sites for hydroxylation is 2. The molecule has 2 heterocycles. The van der Waals surface area contributed by atoms with Crippen LogP contribution in [0.1, 0.15) is 47.8 Å². The molecule has 1 unspecified atom stereocenters. The van der Waals surface area contributed by atoms with Gasteiger partial charge < -0.3 is 0 Å². The van der Waals surface area contributed by atoms with Crippen LogP contribution in [0, 0.1) is 0 Å². The van der Waals surface area contributed by atoms with E-state index in [4.69, 9.17) is 0 Å². The lowest BCUT2D eigenvalue weighted by Crippen LogP contribution is -2.10. The molecule has 0 radical (unpaired) electrons. The fraction of sp³-hybridized carbons (Fsp3) is 0.500. The lowest BCUT2D eigenvalue weighted by atomic mass is 9.87. The Hall–Kier alpha value is -1.16. The number of hydrogen-bond acceptors (Lipinski definition) is 3. The van der Waals surface area contributed by atoms with Crippen LogP contribution in [0.25, 0.3) is 0 Å². The number of aromatic nitrogens is 3. The summed E-state index contributed by atoms with van der Waals surface area (Å²) in [7, 11) is 0. The molecule has 16 heavy (non-hydrogen) atoms. The maximum Gasteiger partial charge on any atom is 0.158 e. The van der Waals surface area contributed by atoms with Gasteiger partial charge in [0.25, 0.3) is 0 Å². The van der Waals surface area contributed by atoms with E-state index in [-0.39, 0.29) is 0 Å². The summed E-state index contributed by atoms with van der Waals surface area (Å²) in [6.45, 7) is 2.10. The molecule has 0 aliphatic heterocycles. The molecule has 0 bridgehead atoms. The highest BCUT2D eigenvalue weighted by Crippen LogP contribution is 2.37. The zero-order chi connectivity index (χ0) is 11.0. The highest BCUT2D eigenvalue weighted by atomic mass is 32.1. The van der Waals surface area contributed by atoms with Crippen LogP contribution in [0.2, 0.25) is 0 Å². The van der Waals surface area contributed by atoms with Gasteiger partial charge in [0.2, 0.25) is 0 Å². The van der Waals surface area contributed by atoms with E-state index in [2.05, 4.69) is 33.6 Å². The predicted octanol–water partition coefficient (Wildman–Crippen LogP) is 2.90. The second-order valence-corrected chi connectivity index (χ2v) is 5.24. The normalized spacial score (nSPS) is 19.7. The molecule has 3 rings (SSSR count). The Labute approximate surface area is 98.9 Å². The van der Waals surface area contributed by atoms with Crippen molar-refractivity contribution in [3.63, 3.8) is 0 Å². The summed E-state index contributed by atoms with van der Waals surface area (Å²) in [5.74, 6) is 2.40. The molecule has 0 fully saturated rings. The highest BCUT2D eigenvalue weighted by molar-refractivity contribution is 7.10. The Kier molecular flexibility index (Phi) is 2.52. The van der Waals surface area contributed by atoms with Gasteiger partial charge in [-0.3, -0.25) is 5.10 Å². The second-order valence-electron chi connectivity index (χ2n) is 4.24.